The summed E-state index contributed by atoms with van der Waals surface area (Å²) in [5.74, 6) is 0. The topological polar surface area (TPSA) is 18.5 Å². The Kier molecular flexibility index (Phi) is 4.78. The Hall–Kier alpha value is -0.120. The lowest BCUT2D eigenvalue weighted by Gasteiger charge is -2.45. The second-order valence-electron chi connectivity index (χ2n) is 7.06. The molecule has 3 rings (SSSR count). The van der Waals surface area contributed by atoms with Crippen LogP contribution in [0.2, 0.25) is 0 Å². The highest BCUT2D eigenvalue weighted by Crippen LogP contribution is 2.35. The van der Waals surface area contributed by atoms with E-state index in [1.165, 1.54) is 97.3 Å². The molecule has 110 valence electrons. The normalized spacial score (nSPS) is 34.1. The largest absolute Gasteiger partial charge is 0.316 e. The van der Waals surface area contributed by atoms with Crippen molar-refractivity contribution in [2.75, 3.05) is 52.4 Å². The SMILES string of the molecule is C1CCN(CCCN2CCCC3(CCCNC3)C2)C1. The van der Waals surface area contributed by atoms with Crippen LogP contribution in [-0.2, 0) is 0 Å². The van der Waals surface area contributed by atoms with Crippen molar-refractivity contribution in [2.24, 2.45) is 5.41 Å². The third-order valence-corrected chi connectivity index (χ3v) is 5.45. The van der Waals surface area contributed by atoms with Crippen LogP contribution in [0.4, 0.5) is 0 Å². The van der Waals surface area contributed by atoms with Crippen LogP contribution in [0.5, 0.6) is 0 Å². The number of nitrogens with one attached hydrogen (secondary N) is 1. The summed E-state index contributed by atoms with van der Waals surface area (Å²) in [6.45, 7) is 10.6. The molecule has 1 atom stereocenters. The lowest BCUT2D eigenvalue weighted by Crippen LogP contribution is -2.51. The maximum Gasteiger partial charge on any atom is 0.00502 e. The van der Waals surface area contributed by atoms with E-state index >= 15 is 0 Å². The van der Waals surface area contributed by atoms with Gasteiger partial charge in [0.15, 0.2) is 0 Å². The molecule has 0 bridgehead atoms. The van der Waals surface area contributed by atoms with Crippen LogP contribution in [0.1, 0.15) is 44.9 Å². The van der Waals surface area contributed by atoms with Crippen LogP contribution >= 0.6 is 0 Å². The van der Waals surface area contributed by atoms with Crippen molar-refractivity contribution in [2.45, 2.75) is 44.9 Å². The minimum Gasteiger partial charge on any atom is -0.316 e. The van der Waals surface area contributed by atoms with E-state index in [1.807, 2.05) is 0 Å². The highest BCUT2D eigenvalue weighted by Gasteiger charge is 2.36. The summed E-state index contributed by atoms with van der Waals surface area (Å²) in [5, 5.41) is 3.63. The highest BCUT2D eigenvalue weighted by atomic mass is 15.2. The second kappa shape index (κ2) is 6.55. The summed E-state index contributed by atoms with van der Waals surface area (Å²) >= 11 is 0. The molecule has 1 N–H and O–H groups in total. The molecule has 0 radical (unpaired) electrons. The van der Waals surface area contributed by atoms with Gasteiger partial charge in [-0.05, 0) is 89.6 Å². The van der Waals surface area contributed by atoms with Gasteiger partial charge in [0, 0.05) is 13.1 Å². The van der Waals surface area contributed by atoms with Crippen molar-refractivity contribution >= 4 is 0 Å². The van der Waals surface area contributed by atoms with Crippen LogP contribution in [-0.4, -0.2) is 62.2 Å². The zero-order valence-corrected chi connectivity index (χ0v) is 12.5. The van der Waals surface area contributed by atoms with Gasteiger partial charge >= 0.3 is 0 Å². The quantitative estimate of drug-likeness (QED) is 0.838. The Morgan fingerprint density at radius 1 is 0.842 bits per heavy atom. The standard InChI is InChI=1S/C16H31N3/c1-2-10-18(9-1)12-5-13-19-11-4-7-16(15-19)6-3-8-17-14-16/h17H,1-15H2. The smallest absolute Gasteiger partial charge is 0.00502 e. The van der Waals surface area contributed by atoms with Gasteiger partial charge in [-0.25, -0.2) is 0 Å². The minimum atomic E-state index is 0.629. The molecule has 0 aromatic heterocycles. The Morgan fingerprint density at radius 3 is 2.37 bits per heavy atom. The van der Waals surface area contributed by atoms with Gasteiger partial charge in [-0.1, -0.05) is 0 Å². The van der Waals surface area contributed by atoms with Crippen molar-refractivity contribution in [3.8, 4) is 0 Å². The van der Waals surface area contributed by atoms with Crippen LogP contribution in [0.25, 0.3) is 0 Å². The molecule has 19 heavy (non-hydrogen) atoms. The Labute approximate surface area is 118 Å². The molecule has 0 aromatic carbocycles. The fraction of sp³-hybridized carbons (Fsp3) is 1.00. The van der Waals surface area contributed by atoms with Crippen molar-refractivity contribution in [3.63, 3.8) is 0 Å². The molecule has 3 aliphatic rings. The first kappa shape index (κ1) is 13.8. The molecule has 0 saturated carbocycles. The second-order valence-corrected chi connectivity index (χ2v) is 7.06. The van der Waals surface area contributed by atoms with Crippen molar-refractivity contribution in [3.05, 3.63) is 0 Å². The summed E-state index contributed by atoms with van der Waals surface area (Å²) in [5.41, 5.74) is 0.629. The molecule has 0 aromatic rings. The fourth-order valence-corrected chi connectivity index (χ4v) is 4.40. The van der Waals surface area contributed by atoms with Crippen molar-refractivity contribution < 1.29 is 0 Å². The number of hydrogen-bond donors (Lipinski definition) is 1. The van der Waals surface area contributed by atoms with Crippen LogP contribution < -0.4 is 5.32 Å². The van der Waals surface area contributed by atoms with E-state index in [-0.39, 0.29) is 0 Å². The summed E-state index contributed by atoms with van der Waals surface area (Å²) in [6, 6.07) is 0. The molecular formula is C16H31N3. The average Bonchev–Trinajstić information content (AvgIpc) is 2.93. The molecule has 3 nitrogen and oxygen atoms in total. The van der Waals surface area contributed by atoms with E-state index < -0.39 is 0 Å². The van der Waals surface area contributed by atoms with E-state index in [4.69, 9.17) is 0 Å². The molecule has 3 fully saturated rings. The third-order valence-electron chi connectivity index (χ3n) is 5.45. The summed E-state index contributed by atoms with van der Waals surface area (Å²) in [6.07, 6.45) is 9.97. The predicted molar refractivity (Wildman–Crippen MR) is 80.5 cm³/mol. The van der Waals surface area contributed by atoms with Crippen LogP contribution in [0.3, 0.4) is 0 Å². The maximum atomic E-state index is 3.63. The first-order valence-electron chi connectivity index (χ1n) is 8.52. The first-order valence-corrected chi connectivity index (χ1v) is 8.52. The number of hydrogen-bond acceptors (Lipinski definition) is 3. The lowest BCUT2D eigenvalue weighted by atomic mass is 9.74. The molecule has 3 aliphatic heterocycles. The number of rotatable bonds is 4. The number of piperidine rings is 2. The number of likely N-dealkylation sites (tertiary alicyclic amines) is 2. The molecule has 0 amide bonds. The summed E-state index contributed by atoms with van der Waals surface area (Å²) in [4.78, 5) is 5.41. The van der Waals surface area contributed by atoms with E-state index in [2.05, 4.69) is 15.1 Å². The van der Waals surface area contributed by atoms with Crippen LogP contribution in [0, 0.1) is 5.41 Å². The predicted octanol–water partition coefficient (Wildman–Crippen LogP) is 1.94. The van der Waals surface area contributed by atoms with E-state index in [0.29, 0.717) is 5.41 Å². The molecule has 1 spiro atoms. The maximum absolute atomic E-state index is 3.63. The number of nitrogens with zero attached hydrogens (tertiary/aromatic N) is 2. The van der Waals surface area contributed by atoms with Gasteiger partial charge in [-0.3, -0.25) is 0 Å². The van der Waals surface area contributed by atoms with Gasteiger partial charge < -0.3 is 15.1 Å². The van der Waals surface area contributed by atoms with E-state index in [9.17, 15) is 0 Å². The van der Waals surface area contributed by atoms with E-state index in [1.54, 1.807) is 0 Å². The van der Waals surface area contributed by atoms with Gasteiger partial charge in [0.2, 0.25) is 0 Å². The van der Waals surface area contributed by atoms with Gasteiger partial charge in [-0.15, -0.1) is 0 Å². The molecule has 3 heterocycles. The van der Waals surface area contributed by atoms with Crippen molar-refractivity contribution in [1.29, 1.82) is 0 Å². The lowest BCUT2D eigenvalue weighted by molar-refractivity contribution is 0.0624. The average molecular weight is 265 g/mol. The monoisotopic (exact) mass is 265 g/mol. The van der Waals surface area contributed by atoms with Gasteiger partial charge in [0.1, 0.15) is 0 Å². The third kappa shape index (κ3) is 3.71. The van der Waals surface area contributed by atoms with Gasteiger partial charge in [0.05, 0.1) is 0 Å². The van der Waals surface area contributed by atoms with E-state index in [0.717, 1.165) is 0 Å². The molecule has 3 heteroatoms. The summed E-state index contributed by atoms with van der Waals surface area (Å²) < 4.78 is 0. The van der Waals surface area contributed by atoms with Gasteiger partial charge in [-0.2, -0.15) is 0 Å². The Morgan fingerprint density at radius 2 is 1.58 bits per heavy atom. The highest BCUT2D eigenvalue weighted by molar-refractivity contribution is 4.91. The zero-order chi connectivity index (χ0) is 13.0. The van der Waals surface area contributed by atoms with Gasteiger partial charge in [0.25, 0.3) is 0 Å². The molecule has 0 aliphatic carbocycles. The first-order chi connectivity index (χ1) is 9.36. The zero-order valence-electron chi connectivity index (χ0n) is 12.5. The molecule has 3 saturated heterocycles. The molecular weight excluding hydrogens is 234 g/mol. The Bertz CT molecular complexity index is 262. The van der Waals surface area contributed by atoms with Crippen LogP contribution in [0.15, 0.2) is 0 Å². The van der Waals surface area contributed by atoms with Crippen molar-refractivity contribution in [1.82, 2.24) is 15.1 Å². The fourth-order valence-electron chi connectivity index (χ4n) is 4.40. The molecule has 1 unspecified atom stereocenters. The minimum absolute atomic E-state index is 0.629. The summed E-state index contributed by atoms with van der Waals surface area (Å²) in [7, 11) is 0. The Balaban J connectivity index is 1.40.